The first-order valence-electron chi connectivity index (χ1n) is 9.48. The maximum Gasteiger partial charge on any atom is 0.0833 e. The van der Waals surface area contributed by atoms with Gasteiger partial charge >= 0.3 is 0 Å². The fourth-order valence-electron chi connectivity index (χ4n) is 3.73. The largest absolute Gasteiger partial charge is 0.392 e. The van der Waals surface area contributed by atoms with Gasteiger partial charge in [-0.2, -0.15) is 0 Å². The van der Waals surface area contributed by atoms with Crippen LogP contribution in [0, 0.1) is 0 Å². The lowest BCUT2D eigenvalue weighted by atomic mass is 9.85. The highest BCUT2D eigenvalue weighted by molar-refractivity contribution is 5.37. The molecule has 1 unspecified atom stereocenters. The minimum Gasteiger partial charge on any atom is -0.392 e. The molecule has 2 nitrogen and oxygen atoms in total. The standard InChI is InChI=1S/C23H34NO/c1-18(2)24(5,19(3)4)16-15-23(20-11-7-6-8-12-20)22-14-10-9-13-21(22)17-25/h6-14,18-19,23,25H,15-17H2,1-5H3/q+1. The van der Waals surface area contributed by atoms with Crippen LogP contribution >= 0.6 is 0 Å². The van der Waals surface area contributed by atoms with Gasteiger partial charge in [0.2, 0.25) is 0 Å². The second kappa shape index (κ2) is 8.64. The summed E-state index contributed by atoms with van der Waals surface area (Å²) in [6.45, 7) is 10.5. The van der Waals surface area contributed by atoms with Crippen molar-refractivity contribution in [2.45, 2.75) is 58.7 Å². The van der Waals surface area contributed by atoms with E-state index in [0.717, 1.165) is 23.0 Å². The molecule has 0 amide bonds. The van der Waals surface area contributed by atoms with Gasteiger partial charge in [-0.05, 0) is 44.4 Å². The van der Waals surface area contributed by atoms with Crippen molar-refractivity contribution < 1.29 is 9.59 Å². The van der Waals surface area contributed by atoms with Gasteiger partial charge in [0.25, 0.3) is 0 Å². The fraction of sp³-hybridized carbons (Fsp3) is 0.478. The van der Waals surface area contributed by atoms with Crippen molar-refractivity contribution in [3.8, 4) is 0 Å². The predicted molar refractivity (Wildman–Crippen MR) is 107 cm³/mol. The van der Waals surface area contributed by atoms with Crippen molar-refractivity contribution in [1.82, 2.24) is 0 Å². The van der Waals surface area contributed by atoms with Gasteiger partial charge in [0.1, 0.15) is 0 Å². The van der Waals surface area contributed by atoms with Crippen LogP contribution in [0.3, 0.4) is 0 Å². The van der Waals surface area contributed by atoms with Crippen LogP contribution in [0.5, 0.6) is 0 Å². The van der Waals surface area contributed by atoms with Gasteiger partial charge in [0.15, 0.2) is 0 Å². The molecule has 0 aliphatic rings. The van der Waals surface area contributed by atoms with Crippen molar-refractivity contribution in [3.05, 3.63) is 71.3 Å². The highest BCUT2D eigenvalue weighted by Gasteiger charge is 2.31. The van der Waals surface area contributed by atoms with Crippen molar-refractivity contribution in [3.63, 3.8) is 0 Å². The minimum absolute atomic E-state index is 0.0972. The van der Waals surface area contributed by atoms with E-state index in [2.05, 4.69) is 77.2 Å². The first kappa shape index (κ1) is 19.7. The van der Waals surface area contributed by atoms with E-state index in [0.29, 0.717) is 18.0 Å². The van der Waals surface area contributed by atoms with E-state index in [1.165, 1.54) is 11.1 Å². The zero-order valence-electron chi connectivity index (χ0n) is 16.4. The highest BCUT2D eigenvalue weighted by atomic mass is 16.3. The number of aliphatic hydroxyl groups is 1. The molecule has 2 rings (SSSR count). The Morgan fingerprint density at radius 2 is 1.40 bits per heavy atom. The maximum atomic E-state index is 9.81. The van der Waals surface area contributed by atoms with E-state index in [1.807, 2.05) is 12.1 Å². The summed E-state index contributed by atoms with van der Waals surface area (Å²) in [4.78, 5) is 0. The van der Waals surface area contributed by atoms with Gasteiger partial charge in [0.05, 0.1) is 32.3 Å². The lowest BCUT2D eigenvalue weighted by Gasteiger charge is -2.43. The van der Waals surface area contributed by atoms with Crippen LogP contribution in [0.1, 0.15) is 56.7 Å². The monoisotopic (exact) mass is 340 g/mol. The van der Waals surface area contributed by atoms with Crippen LogP contribution in [0.25, 0.3) is 0 Å². The van der Waals surface area contributed by atoms with E-state index in [9.17, 15) is 5.11 Å². The molecule has 25 heavy (non-hydrogen) atoms. The van der Waals surface area contributed by atoms with Gasteiger partial charge in [0, 0.05) is 12.3 Å². The van der Waals surface area contributed by atoms with Crippen LogP contribution in [-0.4, -0.2) is 35.3 Å². The average Bonchev–Trinajstić information content (AvgIpc) is 2.62. The Morgan fingerprint density at radius 1 is 0.840 bits per heavy atom. The number of hydrogen-bond donors (Lipinski definition) is 1. The van der Waals surface area contributed by atoms with Crippen LogP contribution < -0.4 is 0 Å². The molecule has 2 heteroatoms. The van der Waals surface area contributed by atoms with Crippen molar-refractivity contribution in [1.29, 1.82) is 0 Å². The van der Waals surface area contributed by atoms with Gasteiger partial charge in [-0.1, -0.05) is 54.6 Å². The molecule has 2 aromatic rings. The molecule has 0 aliphatic carbocycles. The third-order valence-corrected chi connectivity index (χ3v) is 6.06. The predicted octanol–water partition coefficient (Wildman–Crippen LogP) is 4.96. The normalized spacial score (nSPS) is 13.4. The topological polar surface area (TPSA) is 20.2 Å². The summed E-state index contributed by atoms with van der Waals surface area (Å²) in [5, 5.41) is 9.81. The Morgan fingerprint density at radius 3 is 1.96 bits per heavy atom. The first-order chi connectivity index (χ1) is 11.9. The lowest BCUT2D eigenvalue weighted by molar-refractivity contribution is -0.949. The molecule has 0 saturated heterocycles. The number of rotatable bonds is 8. The molecule has 1 N–H and O–H groups in total. The van der Waals surface area contributed by atoms with E-state index in [-0.39, 0.29) is 6.61 Å². The van der Waals surface area contributed by atoms with Crippen molar-refractivity contribution >= 4 is 0 Å². The Balaban J connectivity index is 2.37. The molecule has 0 fully saturated rings. The third kappa shape index (κ3) is 4.50. The van der Waals surface area contributed by atoms with Crippen LogP contribution in [0.2, 0.25) is 0 Å². The molecule has 0 spiro atoms. The van der Waals surface area contributed by atoms with Crippen LogP contribution in [0.15, 0.2) is 54.6 Å². The van der Waals surface area contributed by atoms with Crippen molar-refractivity contribution in [2.75, 3.05) is 13.6 Å². The quantitative estimate of drug-likeness (QED) is 0.673. The number of nitrogens with zero attached hydrogens (tertiary/aromatic N) is 1. The lowest BCUT2D eigenvalue weighted by Crippen LogP contribution is -2.55. The second-order valence-electron chi connectivity index (χ2n) is 7.87. The van der Waals surface area contributed by atoms with Gasteiger partial charge in [-0.15, -0.1) is 0 Å². The summed E-state index contributed by atoms with van der Waals surface area (Å²) < 4.78 is 1.06. The van der Waals surface area contributed by atoms with Gasteiger partial charge < -0.3 is 9.59 Å². The van der Waals surface area contributed by atoms with Gasteiger partial charge in [-0.25, -0.2) is 0 Å². The van der Waals surface area contributed by atoms with E-state index < -0.39 is 0 Å². The molecule has 2 aromatic carbocycles. The van der Waals surface area contributed by atoms with Crippen LogP contribution in [0.4, 0.5) is 0 Å². The average molecular weight is 341 g/mol. The molecule has 0 radical (unpaired) electrons. The van der Waals surface area contributed by atoms with E-state index in [1.54, 1.807) is 0 Å². The first-order valence-corrected chi connectivity index (χ1v) is 9.48. The summed E-state index contributed by atoms with van der Waals surface area (Å²) in [6, 6.07) is 20.2. The summed E-state index contributed by atoms with van der Waals surface area (Å²) in [7, 11) is 2.37. The molecule has 0 aliphatic heterocycles. The van der Waals surface area contributed by atoms with Crippen LogP contribution in [-0.2, 0) is 6.61 Å². The summed E-state index contributed by atoms with van der Waals surface area (Å²) in [5.41, 5.74) is 3.64. The maximum absolute atomic E-state index is 9.81. The second-order valence-corrected chi connectivity index (χ2v) is 7.87. The highest BCUT2D eigenvalue weighted by Crippen LogP contribution is 2.32. The summed E-state index contributed by atoms with van der Waals surface area (Å²) in [6.07, 6.45) is 1.08. The number of hydrogen-bond acceptors (Lipinski definition) is 1. The number of quaternary nitrogens is 1. The Labute approximate surface area is 153 Å². The molecular weight excluding hydrogens is 306 g/mol. The molecule has 0 heterocycles. The zero-order valence-corrected chi connectivity index (χ0v) is 16.4. The molecule has 136 valence electrons. The molecule has 0 saturated carbocycles. The summed E-state index contributed by atoms with van der Waals surface area (Å²) >= 11 is 0. The third-order valence-electron chi connectivity index (χ3n) is 6.06. The Bertz CT molecular complexity index is 640. The van der Waals surface area contributed by atoms with E-state index in [4.69, 9.17) is 0 Å². The molecule has 0 aromatic heterocycles. The van der Waals surface area contributed by atoms with E-state index >= 15 is 0 Å². The minimum atomic E-state index is 0.0972. The van der Waals surface area contributed by atoms with Gasteiger partial charge in [-0.3, -0.25) is 0 Å². The molecule has 0 bridgehead atoms. The molecular formula is C23H34NO+. The SMILES string of the molecule is CC(C)[N+](C)(CCC(c1ccccc1)c1ccccc1CO)C(C)C. The number of aliphatic hydroxyl groups excluding tert-OH is 1. The number of benzene rings is 2. The smallest absolute Gasteiger partial charge is 0.0833 e. The Hall–Kier alpha value is -1.64. The summed E-state index contributed by atoms with van der Waals surface area (Å²) in [5.74, 6) is 0.319. The Kier molecular flexibility index (Phi) is 6.80. The fourth-order valence-corrected chi connectivity index (χ4v) is 3.73. The zero-order chi connectivity index (χ0) is 18.4. The molecule has 1 atom stereocenters. The van der Waals surface area contributed by atoms with Crippen molar-refractivity contribution in [2.24, 2.45) is 0 Å².